The summed E-state index contributed by atoms with van der Waals surface area (Å²) in [5.74, 6) is 1.02. The third-order valence-corrected chi connectivity index (χ3v) is 1.86. The van der Waals surface area contributed by atoms with Crippen LogP contribution in [0.5, 0.6) is 0 Å². The molecule has 3 N–H and O–H groups in total. The molecule has 1 aromatic rings. The van der Waals surface area contributed by atoms with Crippen LogP contribution in [0.2, 0.25) is 0 Å². The standard InChI is InChI=1S/C10H18N4O2/c1-15-7-8-16-6-2-4-12-10-13-5-3-9(11)14-10/h3,5H,2,4,6-8H2,1H3,(H3,11,12,13,14). The maximum Gasteiger partial charge on any atom is 0.224 e. The number of rotatable bonds is 8. The van der Waals surface area contributed by atoms with Gasteiger partial charge in [-0.15, -0.1) is 0 Å². The molecule has 0 bridgehead atoms. The van der Waals surface area contributed by atoms with Gasteiger partial charge in [-0.1, -0.05) is 0 Å². The summed E-state index contributed by atoms with van der Waals surface area (Å²) in [7, 11) is 1.65. The molecule has 0 aromatic carbocycles. The van der Waals surface area contributed by atoms with Crippen molar-refractivity contribution < 1.29 is 9.47 Å². The third-order valence-electron chi connectivity index (χ3n) is 1.86. The molecule has 6 nitrogen and oxygen atoms in total. The number of hydrogen-bond acceptors (Lipinski definition) is 6. The lowest BCUT2D eigenvalue weighted by Gasteiger charge is -2.05. The Hall–Kier alpha value is -1.40. The summed E-state index contributed by atoms with van der Waals surface area (Å²) in [6.07, 6.45) is 2.52. The van der Waals surface area contributed by atoms with Gasteiger partial charge in [-0.05, 0) is 12.5 Å². The van der Waals surface area contributed by atoms with Crippen LogP contribution in [0.15, 0.2) is 12.3 Å². The molecule has 0 saturated heterocycles. The predicted molar refractivity (Wildman–Crippen MR) is 62.2 cm³/mol. The van der Waals surface area contributed by atoms with Gasteiger partial charge in [0.25, 0.3) is 0 Å². The predicted octanol–water partition coefficient (Wildman–Crippen LogP) is 0.524. The van der Waals surface area contributed by atoms with Gasteiger partial charge in [-0.2, -0.15) is 4.98 Å². The second kappa shape index (κ2) is 7.84. The van der Waals surface area contributed by atoms with E-state index in [0.717, 1.165) is 13.0 Å². The van der Waals surface area contributed by atoms with Crippen molar-refractivity contribution in [3.63, 3.8) is 0 Å². The maximum absolute atomic E-state index is 5.51. The molecule has 16 heavy (non-hydrogen) atoms. The van der Waals surface area contributed by atoms with Crippen LogP contribution in [-0.2, 0) is 9.47 Å². The van der Waals surface area contributed by atoms with Crippen molar-refractivity contribution in [2.24, 2.45) is 0 Å². The number of nitrogen functional groups attached to an aromatic ring is 1. The first-order valence-electron chi connectivity index (χ1n) is 5.22. The maximum atomic E-state index is 5.51. The molecule has 0 atom stereocenters. The highest BCUT2D eigenvalue weighted by Crippen LogP contribution is 2.00. The highest BCUT2D eigenvalue weighted by Gasteiger charge is 1.95. The zero-order valence-electron chi connectivity index (χ0n) is 9.48. The van der Waals surface area contributed by atoms with E-state index in [0.29, 0.717) is 31.6 Å². The van der Waals surface area contributed by atoms with E-state index in [-0.39, 0.29) is 0 Å². The average Bonchev–Trinajstić information content (AvgIpc) is 2.28. The number of aromatic nitrogens is 2. The summed E-state index contributed by atoms with van der Waals surface area (Å²) < 4.78 is 10.2. The third kappa shape index (κ3) is 5.47. The average molecular weight is 226 g/mol. The Labute approximate surface area is 95.2 Å². The van der Waals surface area contributed by atoms with Gasteiger partial charge in [0.05, 0.1) is 13.2 Å². The number of nitrogens with two attached hydrogens (primary N) is 1. The Kier molecular flexibility index (Phi) is 6.20. The number of hydrogen-bond donors (Lipinski definition) is 2. The number of ether oxygens (including phenoxy) is 2. The number of methoxy groups -OCH3 is 1. The molecule has 0 spiro atoms. The Morgan fingerprint density at radius 3 is 3.00 bits per heavy atom. The summed E-state index contributed by atoms with van der Waals surface area (Å²) in [4.78, 5) is 8.04. The van der Waals surface area contributed by atoms with E-state index in [1.165, 1.54) is 0 Å². The molecule has 0 aliphatic heterocycles. The zero-order valence-corrected chi connectivity index (χ0v) is 9.48. The Balaban J connectivity index is 2.03. The molecule has 0 amide bonds. The van der Waals surface area contributed by atoms with Crippen LogP contribution >= 0.6 is 0 Å². The van der Waals surface area contributed by atoms with Gasteiger partial charge in [0, 0.05) is 26.5 Å². The molecule has 90 valence electrons. The minimum atomic E-state index is 0.467. The largest absolute Gasteiger partial charge is 0.384 e. The summed E-state index contributed by atoms with van der Waals surface area (Å²) in [5.41, 5.74) is 5.51. The van der Waals surface area contributed by atoms with E-state index >= 15 is 0 Å². The zero-order chi connectivity index (χ0) is 11.6. The van der Waals surface area contributed by atoms with Crippen LogP contribution < -0.4 is 11.1 Å². The van der Waals surface area contributed by atoms with Crippen LogP contribution in [0.25, 0.3) is 0 Å². The summed E-state index contributed by atoms with van der Waals surface area (Å²) in [5, 5.41) is 3.06. The van der Waals surface area contributed by atoms with Crippen molar-refractivity contribution in [1.29, 1.82) is 0 Å². The molecule has 0 aliphatic carbocycles. The van der Waals surface area contributed by atoms with Crippen LogP contribution in [0.4, 0.5) is 11.8 Å². The first-order valence-corrected chi connectivity index (χ1v) is 5.22. The molecule has 0 fully saturated rings. The highest BCUT2D eigenvalue weighted by atomic mass is 16.5. The highest BCUT2D eigenvalue weighted by molar-refractivity contribution is 5.34. The lowest BCUT2D eigenvalue weighted by molar-refractivity contribution is 0.0705. The fraction of sp³-hybridized carbons (Fsp3) is 0.600. The smallest absolute Gasteiger partial charge is 0.224 e. The van der Waals surface area contributed by atoms with Crippen molar-refractivity contribution in [3.05, 3.63) is 12.3 Å². The van der Waals surface area contributed by atoms with E-state index in [1.807, 2.05) is 0 Å². The lowest BCUT2D eigenvalue weighted by atomic mass is 10.4. The molecule has 1 rings (SSSR count). The van der Waals surface area contributed by atoms with Crippen LogP contribution in [0.3, 0.4) is 0 Å². The van der Waals surface area contributed by atoms with E-state index in [4.69, 9.17) is 15.2 Å². The van der Waals surface area contributed by atoms with Gasteiger partial charge in [0.2, 0.25) is 5.95 Å². The molecule has 1 heterocycles. The second-order valence-electron chi connectivity index (χ2n) is 3.19. The monoisotopic (exact) mass is 226 g/mol. The minimum Gasteiger partial charge on any atom is -0.384 e. The van der Waals surface area contributed by atoms with Crippen molar-refractivity contribution in [3.8, 4) is 0 Å². The Morgan fingerprint density at radius 2 is 2.25 bits per heavy atom. The quantitative estimate of drug-likeness (QED) is 0.629. The number of nitrogens with one attached hydrogen (secondary N) is 1. The van der Waals surface area contributed by atoms with E-state index in [9.17, 15) is 0 Å². The van der Waals surface area contributed by atoms with Gasteiger partial charge in [-0.3, -0.25) is 0 Å². The summed E-state index contributed by atoms with van der Waals surface area (Å²) >= 11 is 0. The van der Waals surface area contributed by atoms with Gasteiger partial charge in [0.1, 0.15) is 5.82 Å². The molecule has 0 aliphatic rings. The van der Waals surface area contributed by atoms with Crippen molar-refractivity contribution in [2.45, 2.75) is 6.42 Å². The van der Waals surface area contributed by atoms with Crippen molar-refractivity contribution >= 4 is 11.8 Å². The Bertz CT molecular complexity index is 296. The van der Waals surface area contributed by atoms with Crippen molar-refractivity contribution in [1.82, 2.24) is 9.97 Å². The first kappa shape index (κ1) is 12.7. The summed E-state index contributed by atoms with van der Waals surface area (Å²) in [6, 6.07) is 1.65. The molecule has 0 unspecified atom stereocenters. The van der Waals surface area contributed by atoms with Crippen LogP contribution in [0, 0.1) is 0 Å². The van der Waals surface area contributed by atoms with E-state index < -0.39 is 0 Å². The van der Waals surface area contributed by atoms with Gasteiger partial charge in [0.15, 0.2) is 0 Å². The molecule has 0 saturated carbocycles. The minimum absolute atomic E-state index is 0.467. The van der Waals surface area contributed by atoms with E-state index in [2.05, 4.69) is 15.3 Å². The lowest BCUT2D eigenvalue weighted by Crippen LogP contribution is -2.10. The van der Waals surface area contributed by atoms with Gasteiger partial charge < -0.3 is 20.5 Å². The summed E-state index contributed by atoms with van der Waals surface area (Å²) in [6.45, 7) is 2.71. The number of anilines is 2. The molecule has 0 radical (unpaired) electrons. The first-order chi connectivity index (χ1) is 7.83. The molecular weight excluding hydrogens is 208 g/mol. The van der Waals surface area contributed by atoms with Crippen LogP contribution in [-0.4, -0.2) is 43.4 Å². The van der Waals surface area contributed by atoms with Crippen LogP contribution in [0.1, 0.15) is 6.42 Å². The molecular formula is C10H18N4O2. The molecule has 6 heteroatoms. The normalized spacial score (nSPS) is 10.3. The van der Waals surface area contributed by atoms with Crippen molar-refractivity contribution in [2.75, 3.05) is 44.5 Å². The van der Waals surface area contributed by atoms with Gasteiger partial charge >= 0.3 is 0 Å². The van der Waals surface area contributed by atoms with E-state index in [1.54, 1.807) is 19.4 Å². The SMILES string of the molecule is COCCOCCCNc1nccc(N)n1. The molecule has 1 aromatic heterocycles. The van der Waals surface area contributed by atoms with Gasteiger partial charge in [-0.25, -0.2) is 4.98 Å². The number of nitrogens with zero attached hydrogens (tertiary/aromatic N) is 2. The fourth-order valence-corrected chi connectivity index (χ4v) is 1.08. The fourth-order valence-electron chi connectivity index (χ4n) is 1.08. The topological polar surface area (TPSA) is 82.3 Å². The second-order valence-corrected chi connectivity index (χ2v) is 3.19. The Morgan fingerprint density at radius 1 is 1.38 bits per heavy atom.